The summed E-state index contributed by atoms with van der Waals surface area (Å²) in [5.41, 5.74) is 4.77. The van der Waals surface area contributed by atoms with Gasteiger partial charge in [0.1, 0.15) is 11.4 Å². The molecular weight excluding hydrogens is 288 g/mol. The van der Waals surface area contributed by atoms with Gasteiger partial charge in [-0.3, -0.25) is 4.79 Å². The molecule has 1 saturated heterocycles. The van der Waals surface area contributed by atoms with Crippen molar-refractivity contribution in [3.8, 4) is 0 Å². The van der Waals surface area contributed by atoms with Crippen molar-refractivity contribution in [1.82, 2.24) is 0 Å². The average Bonchev–Trinajstić information content (AvgIpc) is 3.12. The second-order valence-corrected chi connectivity index (χ2v) is 8.59. The van der Waals surface area contributed by atoms with Crippen LogP contribution in [0.1, 0.15) is 64.7 Å². The van der Waals surface area contributed by atoms with Crippen molar-refractivity contribution < 1.29 is 14.6 Å². The monoisotopic (exact) mass is 314 g/mol. The summed E-state index contributed by atoms with van der Waals surface area (Å²) in [6, 6.07) is 0. The Morgan fingerprint density at radius 3 is 2.91 bits per heavy atom. The summed E-state index contributed by atoms with van der Waals surface area (Å²) in [5.74, 6) is 1.73. The molecule has 0 N–H and O–H groups in total. The minimum Gasteiger partial charge on any atom is -0.299 e. The van der Waals surface area contributed by atoms with Crippen LogP contribution < -0.4 is 0 Å². The zero-order valence-electron chi connectivity index (χ0n) is 14.0. The van der Waals surface area contributed by atoms with Crippen LogP contribution in [0.4, 0.5) is 0 Å². The molecule has 0 amide bonds. The van der Waals surface area contributed by atoms with Gasteiger partial charge in [0.25, 0.3) is 0 Å². The first-order valence-electron chi connectivity index (χ1n) is 9.37. The Bertz CT molecular complexity index is 623. The summed E-state index contributed by atoms with van der Waals surface area (Å²) in [6.45, 7) is 2.97. The van der Waals surface area contributed by atoms with Gasteiger partial charge < -0.3 is 0 Å². The van der Waals surface area contributed by atoms with E-state index in [0.29, 0.717) is 17.6 Å². The maximum Gasteiger partial charge on any atom is 0.139 e. The van der Waals surface area contributed by atoms with Crippen LogP contribution in [0.3, 0.4) is 0 Å². The van der Waals surface area contributed by atoms with E-state index in [9.17, 15) is 4.79 Å². The van der Waals surface area contributed by atoms with Crippen LogP contribution in [0.15, 0.2) is 22.8 Å². The molecule has 4 aliphatic carbocycles. The van der Waals surface area contributed by atoms with E-state index < -0.39 is 0 Å². The number of ketones is 1. The first-order valence-corrected chi connectivity index (χ1v) is 9.37. The zero-order chi connectivity index (χ0) is 15.7. The van der Waals surface area contributed by atoms with Gasteiger partial charge in [-0.1, -0.05) is 18.6 Å². The van der Waals surface area contributed by atoms with Crippen LogP contribution in [0.5, 0.6) is 0 Å². The minimum absolute atomic E-state index is 0.0290. The third kappa shape index (κ3) is 1.93. The van der Waals surface area contributed by atoms with E-state index in [-0.39, 0.29) is 11.0 Å². The molecule has 4 atom stereocenters. The molecule has 5 aliphatic rings. The van der Waals surface area contributed by atoms with Crippen molar-refractivity contribution in [2.75, 3.05) is 6.61 Å². The molecule has 0 aromatic rings. The first kappa shape index (κ1) is 14.4. The van der Waals surface area contributed by atoms with Gasteiger partial charge >= 0.3 is 0 Å². The Morgan fingerprint density at radius 2 is 2.09 bits per heavy atom. The molecule has 0 aromatic heterocycles. The van der Waals surface area contributed by atoms with Crippen molar-refractivity contribution in [3.63, 3.8) is 0 Å². The number of Topliss-reactive ketones (excluding diaryl/α,β-unsaturated/α-hetero) is 1. The third-order valence-corrected chi connectivity index (χ3v) is 7.54. The minimum atomic E-state index is -0.0650. The van der Waals surface area contributed by atoms with Gasteiger partial charge in [-0.25, -0.2) is 9.78 Å². The van der Waals surface area contributed by atoms with E-state index in [1.54, 1.807) is 16.7 Å². The predicted molar refractivity (Wildman–Crippen MR) is 86.5 cm³/mol. The molecule has 2 fully saturated rings. The van der Waals surface area contributed by atoms with E-state index in [0.717, 1.165) is 51.6 Å². The molecule has 1 aliphatic heterocycles. The van der Waals surface area contributed by atoms with Crippen molar-refractivity contribution in [2.45, 2.75) is 70.3 Å². The van der Waals surface area contributed by atoms with Gasteiger partial charge in [0.15, 0.2) is 0 Å². The van der Waals surface area contributed by atoms with E-state index in [1.165, 1.54) is 12.8 Å². The highest BCUT2D eigenvalue weighted by atomic mass is 17.2. The van der Waals surface area contributed by atoms with Crippen LogP contribution in [0.25, 0.3) is 0 Å². The molecule has 3 heteroatoms. The molecule has 0 aromatic carbocycles. The standard InChI is InChI=1S/C20H26O3/c1-19-8-6-15-14-7-9-20(10-11-22-23-20)12-13(14)2-3-16(15)17(19)4-5-18(19)21/h6,16-17H,2-5,7-12H2,1H3/t16-,17+,19+,20?/m1/s1. The Hall–Kier alpha value is -0.930. The molecule has 3 nitrogen and oxygen atoms in total. The highest BCUT2D eigenvalue weighted by Gasteiger charge is 2.53. The highest BCUT2D eigenvalue weighted by Crippen LogP contribution is 2.58. The largest absolute Gasteiger partial charge is 0.299 e. The molecule has 0 bridgehead atoms. The molecule has 5 rings (SSSR count). The third-order valence-electron chi connectivity index (χ3n) is 7.54. The van der Waals surface area contributed by atoms with Crippen molar-refractivity contribution in [3.05, 3.63) is 22.8 Å². The lowest BCUT2D eigenvalue weighted by atomic mass is 9.58. The lowest BCUT2D eigenvalue weighted by Crippen LogP contribution is -2.40. The topological polar surface area (TPSA) is 35.5 Å². The normalized spacial score (nSPS) is 45.8. The van der Waals surface area contributed by atoms with E-state index >= 15 is 0 Å². The van der Waals surface area contributed by atoms with Crippen LogP contribution >= 0.6 is 0 Å². The quantitative estimate of drug-likeness (QED) is 0.626. The second-order valence-electron chi connectivity index (χ2n) is 8.59. The predicted octanol–water partition coefficient (Wildman–Crippen LogP) is 4.28. The maximum atomic E-state index is 12.4. The number of hydrogen-bond acceptors (Lipinski definition) is 3. The molecule has 1 saturated carbocycles. The lowest BCUT2D eigenvalue weighted by Gasteiger charge is -2.46. The zero-order valence-corrected chi connectivity index (χ0v) is 14.0. The Balaban J connectivity index is 1.49. The highest BCUT2D eigenvalue weighted by molar-refractivity contribution is 5.87. The molecule has 0 radical (unpaired) electrons. The van der Waals surface area contributed by atoms with Crippen LogP contribution in [-0.4, -0.2) is 18.0 Å². The van der Waals surface area contributed by atoms with E-state index in [2.05, 4.69) is 13.0 Å². The Kier molecular flexibility index (Phi) is 3.01. The molecule has 124 valence electrons. The van der Waals surface area contributed by atoms with Gasteiger partial charge in [0.2, 0.25) is 0 Å². The average molecular weight is 314 g/mol. The number of allylic oxidation sites excluding steroid dienone is 3. The van der Waals surface area contributed by atoms with Gasteiger partial charge in [-0.15, -0.1) is 0 Å². The molecule has 1 unspecified atom stereocenters. The Labute approximate surface area is 138 Å². The smallest absolute Gasteiger partial charge is 0.139 e. The van der Waals surface area contributed by atoms with Gasteiger partial charge in [0, 0.05) is 24.7 Å². The van der Waals surface area contributed by atoms with E-state index in [1.807, 2.05) is 0 Å². The number of rotatable bonds is 0. The van der Waals surface area contributed by atoms with Crippen molar-refractivity contribution >= 4 is 5.78 Å². The summed E-state index contributed by atoms with van der Waals surface area (Å²) >= 11 is 0. The molecule has 23 heavy (non-hydrogen) atoms. The fraction of sp³-hybridized carbons (Fsp3) is 0.750. The second kappa shape index (κ2) is 4.80. The molecule has 1 spiro atoms. The van der Waals surface area contributed by atoms with Crippen LogP contribution in [-0.2, 0) is 14.6 Å². The summed E-state index contributed by atoms with van der Waals surface area (Å²) in [4.78, 5) is 23.3. The summed E-state index contributed by atoms with van der Waals surface area (Å²) < 4.78 is 0. The fourth-order valence-electron chi connectivity index (χ4n) is 6.15. The van der Waals surface area contributed by atoms with Gasteiger partial charge in [0.05, 0.1) is 6.61 Å². The number of hydrogen-bond donors (Lipinski definition) is 0. The van der Waals surface area contributed by atoms with Crippen LogP contribution in [0, 0.1) is 17.3 Å². The first-order chi connectivity index (χ1) is 11.1. The fourth-order valence-corrected chi connectivity index (χ4v) is 6.15. The summed E-state index contributed by atoms with van der Waals surface area (Å²) in [7, 11) is 0. The van der Waals surface area contributed by atoms with Crippen molar-refractivity contribution in [1.29, 1.82) is 0 Å². The maximum absolute atomic E-state index is 12.4. The van der Waals surface area contributed by atoms with E-state index in [4.69, 9.17) is 9.78 Å². The van der Waals surface area contributed by atoms with Gasteiger partial charge in [-0.05, 0) is 61.5 Å². The van der Waals surface area contributed by atoms with Crippen LogP contribution in [0.2, 0.25) is 0 Å². The van der Waals surface area contributed by atoms with Gasteiger partial charge in [-0.2, -0.15) is 0 Å². The molecule has 1 heterocycles. The summed E-state index contributed by atoms with van der Waals surface area (Å²) in [5, 5.41) is 0. The summed E-state index contributed by atoms with van der Waals surface area (Å²) in [6.07, 6.45) is 12.1. The van der Waals surface area contributed by atoms with Crippen molar-refractivity contribution in [2.24, 2.45) is 17.3 Å². The number of carbonyl (C=O) groups excluding carboxylic acids is 1. The SMILES string of the molecule is C[C@]12CC=C3C4=C(CC[C@H]3[C@@H]1CCC2=O)CC1(CCOO1)CC4. The Morgan fingerprint density at radius 1 is 1.17 bits per heavy atom. The lowest BCUT2D eigenvalue weighted by molar-refractivity contribution is -0.310. The number of fused-ring (bicyclic) bond motifs is 4. The molecular formula is C20H26O3. The number of carbonyl (C=O) groups is 1.